The number of aromatic carboxylic acids is 1. The highest BCUT2D eigenvalue weighted by Gasteiger charge is 2.43. The second-order valence-electron chi connectivity index (χ2n) is 4.28. The topological polar surface area (TPSA) is 55.1 Å². The average Bonchev–Trinajstić information content (AvgIpc) is 2.75. The van der Waals surface area contributed by atoms with Gasteiger partial charge in [0.1, 0.15) is 0 Å². The molecule has 1 fully saturated rings. The third-order valence-corrected chi connectivity index (χ3v) is 3.56. The van der Waals surface area contributed by atoms with Crippen molar-refractivity contribution in [1.82, 2.24) is 9.78 Å². The fourth-order valence-corrected chi connectivity index (χ4v) is 3.09. The van der Waals surface area contributed by atoms with Gasteiger partial charge in [-0.1, -0.05) is 0 Å². The molecule has 4 heteroatoms. The lowest BCUT2D eigenvalue weighted by Crippen LogP contribution is -2.04. The molecule has 0 radical (unpaired) electrons. The van der Waals surface area contributed by atoms with E-state index < -0.39 is 5.97 Å². The quantitative estimate of drug-likeness (QED) is 0.733. The number of carbonyl (C=O) groups is 1. The van der Waals surface area contributed by atoms with Crippen molar-refractivity contribution < 1.29 is 9.90 Å². The highest BCUT2D eigenvalue weighted by molar-refractivity contribution is 5.88. The molecule has 1 aromatic rings. The van der Waals surface area contributed by atoms with Crippen molar-refractivity contribution >= 4 is 5.97 Å². The summed E-state index contributed by atoms with van der Waals surface area (Å²) in [5.41, 5.74) is 2.49. The van der Waals surface area contributed by atoms with Crippen molar-refractivity contribution in [2.24, 2.45) is 7.05 Å². The van der Waals surface area contributed by atoms with E-state index in [4.69, 9.17) is 5.11 Å². The second kappa shape index (κ2) is 2.38. The summed E-state index contributed by atoms with van der Waals surface area (Å²) < 4.78 is 1.77. The Labute approximate surface area is 81.5 Å². The van der Waals surface area contributed by atoms with Gasteiger partial charge in [-0.3, -0.25) is 4.68 Å². The SMILES string of the molecule is Cn1nc(C(=O)O)c2c1C1CCC2C1. The molecule has 1 saturated carbocycles. The molecule has 0 aliphatic heterocycles. The largest absolute Gasteiger partial charge is 0.476 e. The highest BCUT2D eigenvalue weighted by Crippen LogP contribution is 2.53. The molecule has 14 heavy (non-hydrogen) atoms. The molecule has 2 aliphatic rings. The van der Waals surface area contributed by atoms with Crippen molar-refractivity contribution in [3.63, 3.8) is 0 Å². The van der Waals surface area contributed by atoms with Gasteiger partial charge in [-0.15, -0.1) is 0 Å². The summed E-state index contributed by atoms with van der Waals surface area (Å²) in [5, 5.41) is 13.1. The second-order valence-corrected chi connectivity index (χ2v) is 4.28. The molecule has 0 spiro atoms. The van der Waals surface area contributed by atoms with Crippen LogP contribution in [0.2, 0.25) is 0 Å². The Kier molecular flexibility index (Phi) is 1.36. The Hall–Kier alpha value is -1.32. The van der Waals surface area contributed by atoms with Gasteiger partial charge in [0.05, 0.1) is 0 Å². The number of carboxylic acids is 1. The van der Waals surface area contributed by atoms with Gasteiger partial charge in [-0.2, -0.15) is 5.10 Å². The number of nitrogens with zero attached hydrogens (tertiary/aromatic N) is 2. The van der Waals surface area contributed by atoms with Crippen LogP contribution in [0.25, 0.3) is 0 Å². The molecule has 2 atom stereocenters. The van der Waals surface area contributed by atoms with Gasteiger partial charge >= 0.3 is 5.97 Å². The van der Waals surface area contributed by atoms with Crippen molar-refractivity contribution in [1.29, 1.82) is 0 Å². The molecular formula is C10H12N2O2. The lowest BCUT2D eigenvalue weighted by Gasteiger charge is -2.10. The van der Waals surface area contributed by atoms with Crippen LogP contribution in [-0.2, 0) is 7.05 Å². The number of aromatic nitrogens is 2. The highest BCUT2D eigenvalue weighted by atomic mass is 16.4. The zero-order valence-electron chi connectivity index (χ0n) is 8.03. The van der Waals surface area contributed by atoms with Gasteiger partial charge in [0, 0.05) is 24.2 Å². The Morgan fingerprint density at radius 3 is 2.93 bits per heavy atom. The fraction of sp³-hybridized carbons (Fsp3) is 0.600. The number of aryl methyl sites for hydroxylation is 1. The number of hydrogen-bond acceptors (Lipinski definition) is 2. The van der Waals surface area contributed by atoms with Crippen LogP contribution in [0.3, 0.4) is 0 Å². The van der Waals surface area contributed by atoms with E-state index in [0.717, 1.165) is 18.4 Å². The Bertz CT molecular complexity index is 422. The average molecular weight is 192 g/mol. The third kappa shape index (κ3) is 0.786. The maximum absolute atomic E-state index is 11.0. The molecule has 1 N–H and O–H groups in total. The summed E-state index contributed by atoms with van der Waals surface area (Å²) in [5.74, 6) is 0.157. The van der Waals surface area contributed by atoms with E-state index in [1.54, 1.807) is 4.68 Å². The summed E-state index contributed by atoms with van der Waals surface area (Å²) in [6.07, 6.45) is 3.49. The lowest BCUT2D eigenvalue weighted by molar-refractivity contribution is 0.0688. The Balaban J connectivity index is 2.24. The van der Waals surface area contributed by atoms with Crippen LogP contribution in [0.15, 0.2) is 0 Å². The molecule has 2 unspecified atom stereocenters. The minimum Gasteiger partial charge on any atom is -0.476 e. The maximum atomic E-state index is 11.0. The van der Waals surface area contributed by atoms with E-state index in [9.17, 15) is 4.79 Å². The van der Waals surface area contributed by atoms with Gasteiger partial charge in [0.15, 0.2) is 5.69 Å². The zero-order chi connectivity index (χ0) is 9.87. The van der Waals surface area contributed by atoms with Crippen LogP contribution in [0.4, 0.5) is 0 Å². The van der Waals surface area contributed by atoms with Crippen molar-refractivity contribution in [3.05, 3.63) is 17.0 Å². The summed E-state index contributed by atoms with van der Waals surface area (Å²) in [7, 11) is 1.85. The number of fused-ring (bicyclic) bond motifs is 5. The Morgan fingerprint density at radius 1 is 1.50 bits per heavy atom. The fourth-order valence-electron chi connectivity index (χ4n) is 3.09. The first-order valence-electron chi connectivity index (χ1n) is 4.98. The standard InChI is InChI=1S/C10H12N2O2/c1-12-9-6-3-2-5(4-6)7(9)8(11-12)10(13)14/h5-6H,2-4H2,1H3,(H,13,14). The van der Waals surface area contributed by atoms with Crippen molar-refractivity contribution in [2.45, 2.75) is 31.1 Å². The van der Waals surface area contributed by atoms with Crippen LogP contribution < -0.4 is 0 Å². The van der Waals surface area contributed by atoms with Gasteiger partial charge in [0.2, 0.25) is 0 Å². The van der Waals surface area contributed by atoms with Gasteiger partial charge < -0.3 is 5.11 Å². The molecule has 3 rings (SSSR count). The molecular weight excluding hydrogens is 180 g/mol. The monoisotopic (exact) mass is 192 g/mol. The van der Waals surface area contributed by atoms with Crippen molar-refractivity contribution in [3.8, 4) is 0 Å². The molecule has 4 nitrogen and oxygen atoms in total. The third-order valence-electron chi connectivity index (χ3n) is 3.56. The molecule has 2 bridgehead atoms. The van der Waals surface area contributed by atoms with E-state index in [1.807, 2.05) is 7.05 Å². The van der Waals surface area contributed by atoms with E-state index >= 15 is 0 Å². The molecule has 0 aromatic carbocycles. The molecule has 74 valence electrons. The lowest BCUT2D eigenvalue weighted by atomic mass is 9.95. The number of rotatable bonds is 1. The first kappa shape index (κ1) is 8.03. The number of carboxylic acid groups (broad SMARTS) is 1. The van der Waals surface area contributed by atoms with Crippen molar-refractivity contribution in [2.75, 3.05) is 0 Å². The number of hydrogen-bond donors (Lipinski definition) is 1. The predicted octanol–water partition coefficient (Wildman–Crippen LogP) is 1.48. The van der Waals surface area contributed by atoms with Gasteiger partial charge in [-0.05, 0) is 25.2 Å². The van der Waals surface area contributed by atoms with E-state index in [2.05, 4.69) is 5.10 Å². The summed E-state index contributed by atoms with van der Waals surface area (Å²) >= 11 is 0. The van der Waals surface area contributed by atoms with Crippen LogP contribution >= 0.6 is 0 Å². The molecule has 1 aromatic heterocycles. The molecule has 1 heterocycles. The Morgan fingerprint density at radius 2 is 2.21 bits per heavy atom. The first-order valence-corrected chi connectivity index (χ1v) is 4.98. The normalized spacial score (nSPS) is 28.1. The maximum Gasteiger partial charge on any atom is 0.356 e. The van der Waals surface area contributed by atoms with Crippen LogP contribution in [0, 0.1) is 0 Å². The minimum absolute atomic E-state index is 0.287. The van der Waals surface area contributed by atoms with Crippen LogP contribution in [-0.4, -0.2) is 20.9 Å². The predicted molar refractivity (Wildman–Crippen MR) is 49.5 cm³/mol. The summed E-state index contributed by atoms with van der Waals surface area (Å²) in [6, 6.07) is 0. The molecule has 0 amide bonds. The van der Waals surface area contributed by atoms with E-state index in [0.29, 0.717) is 11.8 Å². The minimum atomic E-state index is -0.880. The molecule has 2 aliphatic carbocycles. The smallest absolute Gasteiger partial charge is 0.356 e. The van der Waals surface area contributed by atoms with Crippen LogP contribution in [0.5, 0.6) is 0 Å². The van der Waals surface area contributed by atoms with E-state index in [-0.39, 0.29) is 5.69 Å². The zero-order valence-corrected chi connectivity index (χ0v) is 8.03. The van der Waals surface area contributed by atoms with Crippen LogP contribution in [0.1, 0.15) is 52.8 Å². The first-order chi connectivity index (χ1) is 6.68. The molecule has 0 saturated heterocycles. The van der Waals surface area contributed by atoms with E-state index in [1.165, 1.54) is 12.1 Å². The van der Waals surface area contributed by atoms with Gasteiger partial charge in [-0.25, -0.2) is 4.79 Å². The summed E-state index contributed by atoms with van der Waals surface area (Å²) in [4.78, 5) is 11.0. The summed E-state index contributed by atoms with van der Waals surface area (Å²) in [6.45, 7) is 0. The van der Waals surface area contributed by atoms with Gasteiger partial charge in [0.25, 0.3) is 0 Å².